The minimum Gasteiger partial charge on any atom is -0.384 e. The van der Waals surface area contributed by atoms with Crippen LogP contribution in [0.15, 0.2) is 30.5 Å². The molecule has 0 unspecified atom stereocenters. The molecule has 1 aliphatic rings. The van der Waals surface area contributed by atoms with Crippen LogP contribution >= 0.6 is 0 Å². The molecule has 0 aliphatic carbocycles. The molecule has 1 saturated heterocycles. The number of aromatic amines is 1. The van der Waals surface area contributed by atoms with Crippen LogP contribution in [0.3, 0.4) is 0 Å². The zero-order valence-corrected chi connectivity index (χ0v) is 13.8. The van der Waals surface area contributed by atoms with Crippen molar-refractivity contribution in [3.63, 3.8) is 0 Å². The van der Waals surface area contributed by atoms with Crippen LogP contribution in [-0.2, 0) is 5.60 Å². The maximum atomic E-state index is 12.9. The molecular formula is C17H23N5O2. The van der Waals surface area contributed by atoms with Crippen LogP contribution in [0.25, 0.3) is 0 Å². The first-order valence-electron chi connectivity index (χ1n) is 8.35. The summed E-state index contributed by atoms with van der Waals surface area (Å²) in [5.74, 6) is -0.0750. The largest absolute Gasteiger partial charge is 0.384 e. The van der Waals surface area contributed by atoms with Gasteiger partial charge < -0.3 is 15.3 Å². The molecule has 0 saturated carbocycles. The van der Waals surface area contributed by atoms with Crippen molar-refractivity contribution in [3.8, 4) is 0 Å². The Hall–Kier alpha value is -2.41. The molecule has 0 radical (unpaired) electrons. The molecule has 1 atom stereocenters. The van der Waals surface area contributed by atoms with Gasteiger partial charge in [0.15, 0.2) is 0 Å². The predicted molar refractivity (Wildman–Crippen MR) is 90.6 cm³/mol. The maximum absolute atomic E-state index is 12.9. The van der Waals surface area contributed by atoms with Crippen molar-refractivity contribution < 1.29 is 9.90 Å². The van der Waals surface area contributed by atoms with Crippen LogP contribution in [0.1, 0.15) is 42.2 Å². The number of aromatic nitrogens is 3. The number of nitrogens with zero attached hydrogens (tertiary/aromatic N) is 3. The minimum absolute atomic E-state index is 0.0750. The topological polar surface area (TPSA) is 94.1 Å². The summed E-state index contributed by atoms with van der Waals surface area (Å²) in [7, 11) is 0. The van der Waals surface area contributed by atoms with Gasteiger partial charge in [-0.05, 0) is 18.6 Å². The molecule has 2 aromatic rings. The van der Waals surface area contributed by atoms with Gasteiger partial charge in [-0.25, -0.2) is 0 Å². The van der Waals surface area contributed by atoms with Crippen molar-refractivity contribution in [2.75, 3.05) is 25.0 Å². The van der Waals surface area contributed by atoms with E-state index in [4.69, 9.17) is 0 Å². The lowest BCUT2D eigenvalue weighted by Crippen LogP contribution is -2.35. The molecule has 1 aliphatic heterocycles. The molecule has 3 N–H and O–H groups in total. The third-order valence-electron chi connectivity index (χ3n) is 4.43. The molecule has 7 nitrogen and oxygen atoms in total. The molecule has 1 aromatic carbocycles. The van der Waals surface area contributed by atoms with E-state index in [2.05, 4.69) is 27.7 Å². The zero-order valence-electron chi connectivity index (χ0n) is 13.8. The van der Waals surface area contributed by atoms with E-state index in [1.54, 1.807) is 4.90 Å². The molecule has 1 aromatic heterocycles. The fourth-order valence-electron chi connectivity index (χ4n) is 3.00. The number of rotatable bonds is 6. The number of aliphatic hydroxyl groups is 1. The van der Waals surface area contributed by atoms with Gasteiger partial charge >= 0.3 is 0 Å². The molecule has 0 bridgehead atoms. The number of unbranched alkanes of at least 4 members (excludes halogenated alkanes) is 1. The second-order valence-electron chi connectivity index (χ2n) is 6.19. The molecule has 0 spiro atoms. The van der Waals surface area contributed by atoms with Gasteiger partial charge in [-0.2, -0.15) is 15.4 Å². The van der Waals surface area contributed by atoms with E-state index in [0.29, 0.717) is 24.2 Å². The first-order valence-corrected chi connectivity index (χ1v) is 8.35. The van der Waals surface area contributed by atoms with E-state index in [1.165, 1.54) is 6.20 Å². The molecule has 3 rings (SSSR count). The summed E-state index contributed by atoms with van der Waals surface area (Å²) < 4.78 is 0. The van der Waals surface area contributed by atoms with Gasteiger partial charge in [-0.15, -0.1) is 0 Å². The van der Waals surface area contributed by atoms with Crippen molar-refractivity contribution in [1.29, 1.82) is 0 Å². The van der Waals surface area contributed by atoms with Crippen LogP contribution in [0.4, 0.5) is 5.69 Å². The molecule has 2 heterocycles. The fourth-order valence-corrected chi connectivity index (χ4v) is 3.00. The molecular weight excluding hydrogens is 306 g/mol. The van der Waals surface area contributed by atoms with E-state index < -0.39 is 5.60 Å². The highest BCUT2D eigenvalue weighted by Gasteiger charge is 2.42. The number of benzene rings is 1. The number of nitrogens with one attached hydrogen (secondary N) is 2. The van der Waals surface area contributed by atoms with Crippen LogP contribution in [0.2, 0.25) is 0 Å². The highest BCUT2D eigenvalue weighted by molar-refractivity contribution is 5.99. The number of para-hydroxylation sites is 1. The Morgan fingerprint density at radius 1 is 1.46 bits per heavy atom. The van der Waals surface area contributed by atoms with Crippen LogP contribution in [0.5, 0.6) is 0 Å². The lowest BCUT2D eigenvalue weighted by Gasteiger charge is -2.22. The second kappa shape index (κ2) is 7.00. The number of carbonyl (C=O) groups is 1. The van der Waals surface area contributed by atoms with Crippen molar-refractivity contribution in [2.24, 2.45) is 0 Å². The summed E-state index contributed by atoms with van der Waals surface area (Å²) in [4.78, 5) is 14.6. The summed E-state index contributed by atoms with van der Waals surface area (Å²) in [5, 5.41) is 24.3. The van der Waals surface area contributed by atoms with E-state index >= 15 is 0 Å². The highest BCUT2D eigenvalue weighted by Crippen LogP contribution is 2.31. The molecule has 1 amide bonds. The summed E-state index contributed by atoms with van der Waals surface area (Å²) in [5.41, 5.74) is 0.825. The Balaban J connectivity index is 1.74. The number of hydrogen-bond donors (Lipinski definition) is 3. The third-order valence-corrected chi connectivity index (χ3v) is 4.43. The van der Waals surface area contributed by atoms with Gasteiger partial charge in [0, 0.05) is 25.2 Å². The first-order chi connectivity index (χ1) is 11.6. The Morgan fingerprint density at radius 2 is 2.29 bits per heavy atom. The molecule has 1 fully saturated rings. The maximum Gasteiger partial charge on any atom is 0.256 e. The monoisotopic (exact) mass is 329 g/mol. The van der Waals surface area contributed by atoms with Gasteiger partial charge in [0.2, 0.25) is 0 Å². The average Bonchev–Trinajstić information content (AvgIpc) is 3.26. The molecule has 7 heteroatoms. The van der Waals surface area contributed by atoms with Gasteiger partial charge in [0.1, 0.15) is 11.3 Å². The summed E-state index contributed by atoms with van der Waals surface area (Å²) in [6.07, 6.45) is 4.11. The SMILES string of the molecule is CCCCNc1ccccc1C(=O)N1CC[C@@](O)(c2cn[nH]n2)C1. The van der Waals surface area contributed by atoms with Gasteiger partial charge in [0.25, 0.3) is 5.91 Å². The zero-order chi connectivity index (χ0) is 17.0. The van der Waals surface area contributed by atoms with Crippen molar-refractivity contribution in [2.45, 2.75) is 31.8 Å². The lowest BCUT2D eigenvalue weighted by molar-refractivity contribution is 0.0382. The Morgan fingerprint density at radius 3 is 3.04 bits per heavy atom. The van der Waals surface area contributed by atoms with Crippen LogP contribution < -0.4 is 5.32 Å². The second-order valence-corrected chi connectivity index (χ2v) is 6.19. The van der Waals surface area contributed by atoms with Gasteiger partial charge in [-0.3, -0.25) is 4.79 Å². The van der Waals surface area contributed by atoms with Crippen LogP contribution in [-0.4, -0.2) is 51.0 Å². The quantitative estimate of drug-likeness (QED) is 0.702. The van der Waals surface area contributed by atoms with E-state index in [9.17, 15) is 9.90 Å². The molecule has 24 heavy (non-hydrogen) atoms. The standard InChI is InChI=1S/C17H23N5O2/c1-2-3-9-18-14-7-5-4-6-13(14)16(23)22-10-8-17(24,12-22)15-11-19-21-20-15/h4-7,11,18,24H,2-3,8-10,12H2,1H3,(H,19,20,21)/t17-/m0/s1. The number of hydrogen-bond acceptors (Lipinski definition) is 5. The number of amides is 1. The van der Waals surface area contributed by atoms with Crippen LogP contribution in [0, 0.1) is 0 Å². The Labute approximate surface area is 141 Å². The summed E-state index contributed by atoms with van der Waals surface area (Å²) >= 11 is 0. The fraction of sp³-hybridized carbons (Fsp3) is 0.471. The lowest BCUT2D eigenvalue weighted by atomic mass is 10.00. The van der Waals surface area contributed by atoms with E-state index in [-0.39, 0.29) is 12.5 Å². The smallest absolute Gasteiger partial charge is 0.256 e. The number of likely N-dealkylation sites (tertiary alicyclic amines) is 1. The predicted octanol–water partition coefficient (Wildman–Crippen LogP) is 1.75. The first kappa shape index (κ1) is 16.4. The van der Waals surface area contributed by atoms with Gasteiger partial charge in [0.05, 0.1) is 18.3 Å². The number of β-amino-alcohol motifs (C(OH)–C–C–N with tert-alkyl or cyclic N) is 1. The van der Waals surface area contributed by atoms with Crippen molar-refractivity contribution in [1.82, 2.24) is 20.3 Å². The number of anilines is 1. The van der Waals surface area contributed by atoms with E-state index in [1.807, 2.05) is 24.3 Å². The van der Waals surface area contributed by atoms with Gasteiger partial charge in [-0.1, -0.05) is 25.5 Å². The van der Waals surface area contributed by atoms with Crippen molar-refractivity contribution in [3.05, 3.63) is 41.7 Å². The summed E-state index contributed by atoms with van der Waals surface area (Å²) in [6.45, 7) is 3.69. The average molecular weight is 329 g/mol. The normalized spacial score (nSPS) is 20.3. The molecule has 128 valence electrons. The Kier molecular flexibility index (Phi) is 4.80. The van der Waals surface area contributed by atoms with E-state index in [0.717, 1.165) is 25.1 Å². The number of carbonyl (C=O) groups excluding carboxylic acids is 1. The number of H-pyrrole nitrogens is 1. The minimum atomic E-state index is -1.13. The summed E-state index contributed by atoms with van der Waals surface area (Å²) in [6, 6.07) is 7.52. The third kappa shape index (κ3) is 3.26. The highest BCUT2D eigenvalue weighted by atomic mass is 16.3. The Bertz CT molecular complexity index is 688. The van der Waals surface area contributed by atoms with Crippen molar-refractivity contribution >= 4 is 11.6 Å².